The summed E-state index contributed by atoms with van der Waals surface area (Å²) in [6.07, 6.45) is 3.03. The molecule has 0 spiro atoms. The standard InChI is InChI=1S/C5H8O.C4H6O.C4H8.C3H6.2CH4/c1-4(2)5(3)6;1-3-4(2)5;1-4(2)3;1-3-2;;/h1H2,2-3H3;3H,1H2,2H3;1H2,2-3H3;3H,1H2,2H3;2*1H4. The van der Waals surface area contributed by atoms with Gasteiger partial charge in [-0.2, -0.15) is 0 Å². The fourth-order valence-electron chi connectivity index (χ4n) is 0. The predicted molar refractivity (Wildman–Crippen MR) is 96.2 cm³/mol. The number of Topliss-reactive ketones (excluding diaryl/α,β-unsaturated/α-hetero) is 1. The summed E-state index contributed by atoms with van der Waals surface area (Å²) in [5.74, 6) is 0.0833. The minimum Gasteiger partial charge on any atom is -0.295 e. The van der Waals surface area contributed by atoms with Crippen LogP contribution in [0.4, 0.5) is 0 Å². The highest BCUT2D eigenvalue weighted by Gasteiger charge is 1.85. The Kier molecular flexibility index (Phi) is 55.0. The molecule has 0 radical (unpaired) electrons. The van der Waals surface area contributed by atoms with Crippen molar-refractivity contribution in [2.45, 2.75) is 56.4 Å². The fourth-order valence-corrected chi connectivity index (χ4v) is 0. The molecule has 0 heterocycles. The van der Waals surface area contributed by atoms with Crippen LogP contribution in [0.2, 0.25) is 0 Å². The number of carbonyl (C=O) groups is 2. The molecule has 0 N–H and O–H groups in total. The second kappa shape index (κ2) is 30.4. The van der Waals surface area contributed by atoms with E-state index >= 15 is 0 Å². The molecule has 0 saturated heterocycles. The second-order valence-corrected chi connectivity index (χ2v) is 3.77. The minimum atomic E-state index is 0. The van der Waals surface area contributed by atoms with Gasteiger partial charge in [0.1, 0.15) is 0 Å². The van der Waals surface area contributed by atoms with E-state index in [1.54, 1.807) is 13.0 Å². The van der Waals surface area contributed by atoms with Crippen LogP contribution in [0, 0.1) is 0 Å². The Hall–Kier alpha value is -1.70. The van der Waals surface area contributed by atoms with Gasteiger partial charge in [-0.25, -0.2) is 0 Å². The first kappa shape index (κ1) is 36.2. The van der Waals surface area contributed by atoms with Crippen molar-refractivity contribution in [2.24, 2.45) is 0 Å². The molecule has 0 rings (SSSR count). The molecule has 0 aromatic heterocycles. The number of rotatable bonds is 2. The highest BCUT2D eigenvalue weighted by atomic mass is 16.1. The molecule has 2 heteroatoms. The molecule has 0 bridgehead atoms. The van der Waals surface area contributed by atoms with Crippen molar-refractivity contribution in [3.63, 3.8) is 0 Å². The lowest BCUT2D eigenvalue weighted by atomic mass is 10.3. The van der Waals surface area contributed by atoms with E-state index in [1.165, 1.54) is 25.5 Å². The van der Waals surface area contributed by atoms with E-state index < -0.39 is 0 Å². The van der Waals surface area contributed by atoms with E-state index in [9.17, 15) is 9.59 Å². The number of ketones is 2. The van der Waals surface area contributed by atoms with E-state index in [0.717, 1.165) is 0 Å². The summed E-state index contributed by atoms with van der Waals surface area (Å²) < 4.78 is 0. The Morgan fingerprint density at radius 2 is 0.950 bits per heavy atom. The molecule has 0 aromatic rings. The van der Waals surface area contributed by atoms with Crippen LogP contribution in [-0.2, 0) is 9.59 Å². The van der Waals surface area contributed by atoms with Crippen LogP contribution in [0.25, 0.3) is 0 Å². The van der Waals surface area contributed by atoms with Gasteiger partial charge < -0.3 is 0 Å². The summed E-state index contributed by atoms with van der Waals surface area (Å²) in [5.41, 5.74) is 1.79. The van der Waals surface area contributed by atoms with E-state index in [4.69, 9.17) is 0 Å². The Morgan fingerprint density at radius 1 is 0.850 bits per heavy atom. The molecule has 0 aliphatic carbocycles. The van der Waals surface area contributed by atoms with Gasteiger partial charge in [-0.1, -0.05) is 39.7 Å². The molecular formula is C18H36O2. The molecule has 2 nitrogen and oxygen atoms in total. The smallest absolute Gasteiger partial charge is 0.154 e. The number of allylic oxidation sites excluding steroid dienone is 4. The molecule has 0 aliphatic heterocycles. The van der Waals surface area contributed by atoms with Crippen LogP contribution >= 0.6 is 0 Å². The first-order chi connectivity index (χ1) is 8.06. The lowest BCUT2D eigenvalue weighted by molar-refractivity contribution is -0.114. The highest BCUT2D eigenvalue weighted by molar-refractivity contribution is 5.91. The van der Waals surface area contributed by atoms with Crippen molar-refractivity contribution in [1.29, 1.82) is 0 Å². The van der Waals surface area contributed by atoms with Gasteiger partial charge in [-0.3, -0.25) is 9.59 Å². The first-order valence-electron chi connectivity index (χ1n) is 5.55. The zero-order valence-corrected chi connectivity index (χ0v) is 12.8. The maximum absolute atomic E-state index is 10.0. The van der Waals surface area contributed by atoms with E-state index in [-0.39, 0.29) is 26.4 Å². The van der Waals surface area contributed by atoms with Crippen molar-refractivity contribution in [2.75, 3.05) is 0 Å². The van der Waals surface area contributed by atoms with Gasteiger partial charge in [0, 0.05) is 0 Å². The van der Waals surface area contributed by atoms with E-state index in [2.05, 4.69) is 26.3 Å². The maximum Gasteiger partial charge on any atom is 0.154 e. The third-order valence-electron chi connectivity index (χ3n) is 0.888. The molecule has 0 atom stereocenters. The van der Waals surface area contributed by atoms with Crippen LogP contribution in [0.1, 0.15) is 56.4 Å². The number of hydrogen-bond acceptors (Lipinski definition) is 2. The number of hydrogen-bond donors (Lipinski definition) is 0. The van der Waals surface area contributed by atoms with Crippen LogP contribution in [0.5, 0.6) is 0 Å². The van der Waals surface area contributed by atoms with Gasteiger partial charge in [-0.05, 0) is 53.2 Å². The SMILES string of the molecule is C.C.C=C(C)C.C=C(C)C(C)=O.C=CC.C=CC(C)=O. The predicted octanol–water partition coefficient (Wildman–Crippen LogP) is 5.96. The average Bonchev–Trinajstić information content (AvgIpc) is 2.18. The van der Waals surface area contributed by atoms with Crippen molar-refractivity contribution >= 4 is 11.6 Å². The largest absolute Gasteiger partial charge is 0.295 e. The number of carbonyl (C=O) groups excluding carboxylic acids is 2. The first-order valence-corrected chi connectivity index (χ1v) is 5.55. The summed E-state index contributed by atoms with van der Waals surface area (Å²) in [4.78, 5) is 19.7. The summed E-state index contributed by atoms with van der Waals surface area (Å²) in [6, 6.07) is 0. The van der Waals surface area contributed by atoms with Gasteiger partial charge in [0.25, 0.3) is 0 Å². The van der Waals surface area contributed by atoms with Crippen LogP contribution in [0.3, 0.4) is 0 Å². The monoisotopic (exact) mass is 284 g/mol. The quantitative estimate of drug-likeness (QED) is 0.463. The zero-order chi connectivity index (χ0) is 15.7. The molecule has 0 fully saturated rings. The van der Waals surface area contributed by atoms with E-state index in [1.807, 2.05) is 20.8 Å². The lowest BCUT2D eigenvalue weighted by Crippen LogP contribution is -1.86. The van der Waals surface area contributed by atoms with Crippen LogP contribution in [-0.4, -0.2) is 11.6 Å². The van der Waals surface area contributed by atoms with Crippen molar-refractivity contribution in [3.05, 3.63) is 49.6 Å². The average molecular weight is 284 g/mol. The molecule has 0 aliphatic rings. The molecule has 0 unspecified atom stereocenters. The Labute approximate surface area is 128 Å². The zero-order valence-electron chi connectivity index (χ0n) is 12.8. The summed E-state index contributed by atoms with van der Waals surface area (Å²) in [5, 5.41) is 0. The summed E-state index contributed by atoms with van der Waals surface area (Å²) in [6.45, 7) is 24.0. The van der Waals surface area contributed by atoms with Gasteiger partial charge in [0.05, 0.1) is 0 Å². The van der Waals surface area contributed by atoms with Gasteiger partial charge in [-0.15, -0.1) is 13.2 Å². The third kappa shape index (κ3) is 206. The highest BCUT2D eigenvalue weighted by Crippen LogP contribution is 1.84. The fraction of sp³-hybridized carbons (Fsp3) is 0.444. The Balaban J connectivity index is -0.0000000325. The van der Waals surface area contributed by atoms with Gasteiger partial charge in [0.2, 0.25) is 0 Å². The third-order valence-corrected chi connectivity index (χ3v) is 0.888. The normalized spacial score (nSPS) is 5.90. The molecule has 120 valence electrons. The molecule has 0 saturated carbocycles. The van der Waals surface area contributed by atoms with E-state index in [0.29, 0.717) is 5.57 Å². The maximum atomic E-state index is 10.0. The topological polar surface area (TPSA) is 34.1 Å². The van der Waals surface area contributed by atoms with Gasteiger partial charge >= 0.3 is 0 Å². The van der Waals surface area contributed by atoms with Crippen LogP contribution in [0.15, 0.2) is 49.6 Å². The second-order valence-electron chi connectivity index (χ2n) is 3.77. The van der Waals surface area contributed by atoms with Crippen molar-refractivity contribution in [3.8, 4) is 0 Å². The van der Waals surface area contributed by atoms with Gasteiger partial charge in [0.15, 0.2) is 11.6 Å². The molecular weight excluding hydrogens is 248 g/mol. The molecule has 20 heavy (non-hydrogen) atoms. The Morgan fingerprint density at radius 3 is 0.950 bits per heavy atom. The summed E-state index contributed by atoms with van der Waals surface area (Å²) >= 11 is 0. The molecule has 0 aromatic carbocycles. The van der Waals surface area contributed by atoms with Crippen molar-refractivity contribution in [1.82, 2.24) is 0 Å². The lowest BCUT2D eigenvalue weighted by Gasteiger charge is -1.80. The molecule has 0 amide bonds. The van der Waals surface area contributed by atoms with Crippen LogP contribution < -0.4 is 0 Å². The minimum absolute atomic E-state index is 0. The Bertz CT molecular complexity index is 268. The summed E-state index contributed by atoms with van der Waals surface area (Å²) in [7, 11) is 0. The van der Waals surface area contributed by atoms with Crippen molar-refractivity contribution < 1.29 is 9.59 Å².